The minimum absolute atomic E-state index is 0.111. The number of carbonyl (C=O) groups is 1. The second-order valence-electron chi connectivity index (χ2n) is 7.50. The van der Waals surface area contributed by atoms with Gasteiger partial charge in [-0.1, -0.05) is 30.9 Å². The van der Waals surface area contributed by atoms with Gasteiger partial charge in [-0.15, -0.1) is 16.9 Å². The Balaban J connectivity index is 1.51. The number of amides is 1. The monoisotopic (exact) mass is 485 g/mol. The van der Waals surface area contributed by atoms with Gasteiger partial charge in [0.25, 0.3) is 0 Å². The molecule has 4 rings (SSSR count). The third-order valence-corrected chi connectivity index (χ3v) is 6.61. The van der Waals surface area contributed by atoms with E-state index >= 15 is 0 Å². The molecule has 2 aromatic heterocycles. The third kappa shape index (κ3) is 5.09. The Morgan fingerprint density at radius 3 is 2.62 bits per heavy atom. The van der Waals surface area contributed by atoms with Crippen molar-refractivity contribution in [1.29, 1.82) is 0 Å². The molecule has 0 radical (unpaired) electrons. The number of alkyl halides is 3. The van der Waals surface area contributed by atoms with E-state index in [-0.39, 0.29) is 10.7 Å². The number of nitrogens with one attached hydrogen (secondary N) is 1. The Morgan fingerprint density at radius 2 is 1.91 bits per heavy atom. The number of carbonyl (C=O) groups excluding carboxylic acids is 1. The lowest BCUT2D eigenvalue weighted by atomic mass is 10.0. The van der Waals surface area contributed by atoms with Gasteiger partial charge in [0.2, 0.25) is 5.91 Å². The Kier molecular flexibility index (Phi) is 6.47. The van der Waals surface area contributed by atoms with Crippen LogP contribution in [0.25, 0.3) is 5.65 Å². The van der Waals surface area contributed by atoms with Crippen LogP contribution in [0.3, 0.4) is 0 Å². The van der Waals surface area contributed by atoms with E-state index in [1.807, 2.05) is 0 Å². The van der Waals surface area contributed by atoms with E-state index in [0.717, 1.165) is 34.2 Å². The molecule has 170 valence electrons. The predicted molar refractivity (Wildman–Crippen MR) is 115 cm³/mol. The number of benzene rings is 1. The minimum Gasteiger partial charge on any atom is -0.324 e. The third-order valence-electron chi connectivity index (χ3n) is 5.11. The van der Waals surface area contributed by atoms with E-state index in [9.17, 15) is 22.8 Å². The smallest absolute Gasteiger partial charge is 0.324 e. The minimum atomic E-state index is -4.70. The summed E-state index contributed by atoms with van der Waals surface area (Å²) in [5.41, 5.74) is -1.92. The van der Waals surface area contributed by atoms with Gasteiger partial charge in [0.1, 0.15) is 11.6 Å². The number of fused-ring (bicyclic) bond motifs is 1. The Morgan fingerprint density at radius 1 is 1.16 bits per heavy atom. The molecule has 0 saturated heterocycles. The topological polar surface area (TPSA) is 81.3 Å². The Labute approximate surface area is 189 Å². The molecule has 1 aliphatic carbocycles. The first-order valence-corrected chi connectivity index (χ1v) is 11.3. The molecule has 12 heteroatoms. The van der Waals surface area contributed by atoms with Crippen molar-refractivity contribution in [2.24, 2.45) is 0 Å². The van der Waals surface area contributed by atoms with Crippen molar-refractivity contribution in [1.82, 2.24) is 19.4 Å². The zero-order valence-electron chi connectivity index (χ0n) is 16.7. The summed E-state index contributed by atoms with van der Waals surface area (Å²) in [5, 5.41) is 11.6. The summed E-state index contributed by atoms with van der Waals surface area (Å²) in [5.74, 6) is -0.833. The second-order valence-corrected chi connectivity index (χ2v) is 9.25. The van der Waals surface area contributed by atoms with Gasteiger partial charge >= 0.3 is 11.9 Å². The van der Waals surface area contributed by atoms with Gasteiger partial charge in [-0.3, -0.25) is 4.79 Å². The van der Waals surface area contributed by atoms with Crippen molar-refractivity contribution in [3.05, 3.63) is 51.4 Å². The molecule has 0 atom stereocenters. The second kappa shape index (κ2) is 9.14. The van der Waals surface area contributed by atoms with Crippen LogP contribution in [0.15, 0.2) is 40.2 Å². The molecule has 0 aliphatic heterocycles. The average Bonchev–Trinajstić information content (AvgIpc) is 3.04. The highest BCUT2D eigenvalue weighted by atomic mass is 35.5. The molecule has 1 saturated carbocycles. The Bertz CT molecular complexity index is 1200. The molecule has 1 amide bonds. The van der Waals surface area contributed by atoms with Crippen molar-refractivity contribution in [2.45, 2.75) is 55.1 Å². The van der Waals surface area contributed by atoms with E-state index in [2.05, 4.69) is 15.5 Å². The summed E-state index contributed by atoms with van der Waals surface area (Å²) in [7, 11) is 0. The number of aromatic nitrogens is 4. The van der Waals surface area contributed by atoms with Crippen LogP contribution in [0.1, 0.15) is 37.7 Å². The van der Waals surface area contributed by atoms with E-state index in [4.69, 9.17) is 11.6 Å². The first-order valence-electron chi connectivity index (χ1n) is 10.0. The van der Waals surface area contributed by atoms with Gasteiger partial charge < -0.3 is 5.32 Å². The highest BCUT2D eigenvalue weighted by Gasteiger charge is 2.34. The summed E-state index contributed by atoms with van der Waals surface area (Å²) in [6.45, 7) is -0.562. The molecule has 0 spiro atoms. The molecule has 1 aliphatic rings. The molecule has 1 aromatic carbocycles. The molecule has 1 fully saturated rings. The first-order chi connectivity index (χ1) is 15.2. The highest BCUT2D eigenvalue weighted by molar-refractivity contribution is 7.99. The fourth-order valence-corrected chi connectivity index (χ4v) is 4.96. The maximum Gasteiger partial charge on any atom is 0.418 e. The van der Waals surface area contributed by atoms with Crippen molar-refractivity contribution in [2.75, 3.05) is 5.32 Å². The molecule has 3 aromatic rings. The molecule has 7 nitrogen and oxygen atoms in total. The largest absolute Gasteiger partial charge is 0.418 e. The van der Waals surface area contributed by atoms with Crippen LogP contribution in [0.2, 0.25) is 5.02 Å². The maximum absolute atomic E-state index is 13.2. The SMILES string of the molecule is O=C(Cn1nc2ccc(SC3CCCCC3)nn2c1=O)Nc1ccc(Cl)cc1C(F)(F)F. The lowest BCUT2D eigenvalue weighted by molar-refractivity contribution is -0.137. The predicted octanol–water partition coefficient (Wildman–Crippen LogP) is 4.63. The zero-order valence-corrected chi connectivity index (χ0v) is 18.3. The summed E-state index contributed by atoms with van der Waals surface area (Å²) in [4.78, 5) is 25.0. The van der Waals surface area contributed by atoms with Crippen molar-refractivity contribution >= 4 is 40.6 Å². The fourth-order valence-electron chi connectivity index (χ4n) is 3.60. The van der Waals surface area contributed by atoms with Gasteiger partial charge in [0, 0.05) is 10.3 Å². The number of halogens is 4. The van der Waals surface area contributed by atoms with Crippen LogP contribution in [-0.4, -0.2) is 30.6 Å². The van der Waals surface area contributed by atoms with Crippen LogP contribution >= 0.6 is 23.4 Å². The fraction of sp³-hybridized carbons (Fsp3) is 0.400. The lowest BCUT2D eigenvalue weighted by Crippen LogP contribution is -2.29. The Hall–Kier alpha value is -2.53. The normalized spacial score (nSPS) is 15.2. The van der Waals surface area contributed by atoms with Crippen LogP contribution in [0.5, 0.6) is 0 Å². The molecule has 0 unspecified atom stereocenters. The van der Waals surface area contributed by atoms with Crippen molar-refractivity contribution < 1.29 is 18.0 Å². The molecule has 32 heavy (non-hydrogen) atoms. The zero-order chi connectivity index (χ0) is 22.9. The van der Waals surface area contributed by atoms with E-state index < -0.39 is 35.6 Å². The van der Waals surface area contributed by atoms with Crippen molar-refractivity contribution in [3.63, 3.8) is 0 Å². The van der Waals surface area contributed by atoms with E-state index in [1.165, 1.54) is 25.3 Å². The number of hydrogen-bond acceptors (Lipinski definition) is 5. The number of hydrogen-bond donors (Lipinski definition) is 1. The first kappa shape index (κ1) is 22.7. The van der Waals surface area contributed by atoms with Crippen LogP contribution in [0.4, 0.5) is 18.9 Å². The number of anilines is 1. The van der Waals surface area contributed by atoms with Crippen molar-refractivity contribution in [3.8, 4) is 0 Å². The molecular formula is C20H19ClF3N5O2S. The summed E-state index contributed by atoms with van der Waals surface area (Å²) in [6.07, 6.45) is 1.09. The van der Waals surface area contributed by atoms with Gasteiger partial charge in [0.05, 0.1) is 11.3 Å². The summed E-state index contributed by atoms with van der Waals surface area (Å²) < 4.78 is 41.6. The van der Waals surface area contributed by atoms with Crippen LogP contribution in [0, 0.1) is 0 Å². The molecule has 0 bridgehead atoms. The standard InChI is InChI=1S/C20H19ClF3N5O2S/c21-12-6-7-15(14(10-12)20(22,23)24)25-17(30)11-28-19(31)29-16(26-28)8-9-18(27-29)32-13-4-2-1-3-5-13/h6-10,13H,1-5,11H2,(H,25,30). The quantitative estimate of drug-likeness (QED) is 0.570. The molecule has 2 heterocycles. The van der Waals surface area contributed by atoms with Gasteiger partial charge in [0.15, 0.2) is 5.65 Å². The summed E-state index contributed by atoms with van der Waals surface area (Å²) >= 11 is 7.26. The van der Waals surface area contributed by atoms with E-state index in [1.54, 1.807) is 23.9 Å². The van der Waals surface area contributed by atoms with E-state index in [0.29, 0.717) is 10.3 Å². The average molecular weight is 486 g/mol. The van der Waals surface area contributed by atoms with Crippen LogP contribution < -0.4 is 11.0 Å². The lowest BCUT2D eigenvalue weighted by Gasteiger charge is -2.20. The van der Waals surface area contributed by atoms with Gasteiger partial charge in [-0.2, -0.15) is 22.8 Å². The van der Waals surface area contributed by atoms with Gasteiger partial charge in [-0.25, -0.2) is 9.48 Å². The number of rotatable bonds is 5. The van der Waals surface area contributed by atoms with Gasteiger partial charge in [-0.05, 0) is 43.2 Å². The number of nitrogens with zero attached hydrogens (tertiary/aromatic N) is 4. The maximum atomic E-state index is 13.2. The molecule has 1 N–H and O–H groups in total. The van der Waals surface area contributed by atoms with Crippen LogP contribution in [-0.2, 0) is 17.5 Å². The highest BCUT2D eigenvalue weighted by Crippen LogP contribution is 2.36. The summed E-state index contributed by atoms with van der Waals surface area (Å²) in [6, 6.07) is 6.43. The molecular weight excluding hydrogens is 467 g/mol. The number of thioether (sulfide) groups is 1.